The molecule has 1 saturated heterocycles. The van der Waals surface area contributed by atoms with Gasteiger partial charge >= 0.3 is 6.09 Å². The van der Waals surface area contributed by atoms with E-state index in [4.69, 9.17) is 4.74 Å². The van der Waals surface area contributed by atoms with Crippen LogP contribution >= 0.6 is 0 Å². The summed E-state index contributed by atoms with van der Waals surface area (Å²) < 4.78 is 19.2. The molecule has 1 heterocycles. The first-order valence-electron chi connectivity index (χ1n) is 8.91. The summed E-state index contributed by atoms with van der Waals surface area (Å²) in [5, 5.41) is 2.77. The molecule has 138 valence electrons. The summed E-state index contributed by atoms with van der Waals surface area (Å²) in [6.45, 7) is 6.37. The van der Waals surface area contributed by atoms with Gasteiger partial charge in [-0.1, -0.05) is 29.3 Å². The third-order valence-electron chi connectivity index (χ3n) is 4.69. The zero-order chi connectivity index (χ0) is 18.7. The molecule has 0 bridgehead atoms. The molecule has 1 aliphatic rings. The summed E-state index contributed by atoms with van der Waals surface area (Å²) >= 11 is 0. The summed E-state index contributed by atoms with van der Waals surface area (Å²) in [4.78, 5) is 14.4. The Morgan fingerprint density at radius 1 is 1.23 bits per heavy atom. The third-order valence-corrected chi connectivity index (χ3v) is 4.69. The standard InChI is InChI=1S/C21H25FN2O2/c1-14-8-15(2)10-17(9-14)19-11-18(22)4-5-20(19)23-21(25)26-13-16-6-7-24(3)12-16/h4-5,8-11,16H,6-7,12-13H2,1-3H3,(H,23,25)/t16-/m0/s1. The molecule has 1 aliphatic heterocycles. The lowest BCUT2D eigenvalue weighted by atomic mass is 9.99. The molecule has 2 aromatic carbocycles. The molecule has 1 N–H and O–H groups in total. The molecule has 4 nitrogen and oxygen atoms in total. The Labute approximate surface area is 154 Å². The van der Waals surface area contributed by atoms with Crippen molar-refractivity contribution in [2.75, 3.05) is 32.1 Å². The van der Waals surface area contributed by atoms with E-state index in [1.54, 1.807) is 6.07 Å². The number of amides is 1. The van der Waals surface area contributed by atoms with E-state index in [1.807, 2.05) is 26.0 Å². The molecular weight excluding hydrogens is 331 g/mol. The van der Waals surface area contributed by atoms with Crippen molar-refractivity contribution in [2.24, 2.45) is 5.92 Å². The summed E-state index contributed by atoms with van der Waals surface area (Å²) in [5.74, 6) is 0.0323. The predicted molar refractivity (Wildman–Crippen MR) is 102 cm³/mol. The fourth-order valence-corrected chi connectivity index (χ4v) is 3.50. The fraction of sp³-hybridized carbons (Fsp3) is 0.381. The second-order valence-corrected chi connectivity index (χ2v) is 7.21. The van der Waals surface area contributed by atoms with Gasteiger partial charge in [-0.3, -0.25) is 5.32 Å². The van der Waals surface area contributed by atoms with Crippen LogP contribution in [0.15, 0.2) is 36.4 Å². The number of nitrogens with zero attached hydrogens (tertiary/aromatic N) is 1. The van der Waals surface area contributed by atoms with Crippen LogP contribution in [0.3, 0.4) is 0 Å². The number of hydrogen-bond acceptors (Lipinski definition) is 3. The molecule has 1 atom stereocenters. The minimum Gasteiger partial charge on any atom is -0.449 e. The normalized spacial score (nSPS) is 17.3. The number of rotatable bonds is 4. The van der Waals surface area contributed by atoms with Gasteiger partial charge in [-0.25, -0.2) is 9.18 Å². The number of halogens is 1. The summed E-state index contributed by atoms with van der Waals surface area (Å²) in [6, 6.07) is 10.4. The van der Waals surface area contributed by atoms with Gasteiger partial charge in [0, 0.05) is 18.0 Å². The van der Waals surface area contributed by atoms with E-state index in [2.05, 4.69) is 23.3 Å². The first-order chi connectivity index (χ1) is 12.4. The molecular formula is C21H25FN2O2. The van der Waals surface area contributed by atoms with Gasteiger partial charge < -0.3 is 9.64 Å². The van der Waals surface area contributed by atoms with Gasteiger partial charge in [-0.2, -0.15) is 0 Å². The molecule has 0 unspecified atom stereocenters. The maximum atomic E-state index is 13.8. The number of anilines is 1. The van der Waals surface area contributed by atoms with E-state index in [9.17, 15) is 9.18 Å². The highest BCUT2D eigenvalue weighted by Gasteiger charge is 2.21. The topological polar surface area (TPSA) is 41.6 Å². The Kier molecular flexibility index (Phi) is 5.57. The van der Waals surface area contributed by atoms with Crippen molar-refractivity contribution in [3.8, 4) is 11.1 Å². The number of hydrogen-bond donors (Lipinski definition) is 1. The first-order valence-corrected chi connectivity index (χ1v) is 8.91. The number of nitrogens with one attached hydrogen (secondary N) is 1. The Morgan fingerprint density at radius 3 is 2.62 bits per heavy atom. The SMILES string of the molecule is Cc1cc(C)cc(-c2cc(F)ccc2NC(=O)OC[C@H]2CCN(C)C2)c1. The smallest absolute Gasteiger partial charge is 0.411 e. The Bertz CT molecular complexity index is 786. The van der Waals surface area contributed by atoms with Crippen molar-refractivity contribution < 1.29 is 13.9 Å². The number of likely N-dealkylation sites (tertiary alicyclic amines) is 1. The van der Waals surface area contributed by atoms with Crippen LogP contribution in [-0.2, 0) is 4.74 Å². The average Bonchev–Trinajstić information content (AvgIpc) is 2.99. The van der Waals surface area contributed by atoms with Crippen LogP contribution in [0.2, 0.25) is 0 Å². The Morgan fingerprint density at radius 2 is 1.96 bits per heavy atom. The van der Waals surface area contributed by atoms with Gasteiger partial charge in [-0.15, -0.1) is 0 Å². The summed E-state index contributed by atoms with van der Waals surface area (Å²) in [6.07, 6.45) is 0.533. The number of aryl methyl sites for hydroxylation is 2. The molecule has 2 aromatic rings. The molecule has 5 heteroatoms. The van der Waals surface area contributed by atoms with Gasteiger partial charge in [0.2, 0.25) is 0 Å². The van der Waals surface area contributed by atoms with E-state index in [0.717, 1.165) is 36.2 Å². The minimum absolute atomic E-state index is 0.341. The number of carbonyl (C=O) groups is 1. The molecule has 0 aromatic heterocycles. The largest absolute Gasteiger partial charge is 0.449 e. The number of carbonyl (C=O) groups excluding carboxylic acids is 1. The molecule has 1 fully saturated rings. The Balaban J connectivity index is 1.74. The number of benzene rings is 2. The van der Waals surface area contributed by atoms with E-state index < -0.39 is 6.09 Å². The van der Waals surface area contributed by atoms with Crippen molar-refractivity contribution in [3.05, 3.63) is 53.3 Å². The van der Waals surface area contributed by atoms with Crippen molar-refractivity contribution in [1.82, 2.24) is 4.90 Å². The lowest BCUT2D eigenvalue weighted by Crippen LogP contribution is -2.21. The highest BCUT2D eigenvalue weighted by molar-refractivity contribution is 5.91. The van der Waals surface area contributed by atoms with Crippen LogP contribution in [0.5, 0.6) is 0 Å². The second-order valence-electron chi connectivity index (χ2n) is 7.21. The summed E-state index contributed by atoms with van der Waals surface area (Å²) in [7, 11) is 2.06. The van der Waals surface area contributed by atoms with E-state index in [-0.39, 0.29) is 5.82 Å². The lowest BCUT2D eigenvalue weighted by molar-refractivity contribution is 0.142. The highest BCUT2D eigenvalue weighted by Crippen LogP contribution is 2.30. The first kappa shape index (κ1) is 18.4. The van der Waals surface area contributed by atoms with Crippen LogP contribution in [-0.4, -0.2) is 37.7 Å². The molecule has 0 aliphatic carbocycles. The van der Waals surface area contributed by atoms with Crippen LogP contribution < -0.4 is 5.32 Å². The molecule has 0 spiro atoms. The fourth-order valence-electron chi connectivity index (χ4n) is 3.50. The van der Waals surface area contributed by atoms with Crippen molar-refractivity contribution in [3.63, 3.8) is 0 Å². The second kappa shape index (κ2) is 7.87. The van der Waals surface area contributed by atoms with Gasteiger partial charge in [-0.05, 0) is 57.6 Å². The number of ether oxygens (including phenoxy) is 1. The van der Waals surface area contributed by atoms with Crippen molar-refractivity contribution >= 4 is 11.8 Å². The predicted octanol–water partition coefficient (Wildman–Crippen LogP) is 4.61. The highest BCUT2D eigenvalue weighted by atomic mass is 19.1. The summed E-state index contributed by atoms with van der Waals surface area (Å²) in [5.41, 5.74) is 4.24. The van der Waals surface area contributed by atoms with Gasteiger partial charge in [0.25, 0.3) is 0 Å². The van der Waals surface area contributed by atoms with E-state index in [1.165, 1.54) is 12.1 Å². The van der Waals surface area contributed by atoms with Crippen molar-refractivity contribution in [1.29, 1.82) is 0 Å². The monoisotopic (exact) mass is 356 g/mol. The maximum absolute atomic E-state index is 13.8. The third kappa shape index (κ3) is 4.61. The van der Waals surface area contributed by atoms with Crippen molar-refractivity contribution in [2.45, 2.75) is 20.3 Å². The zero-order valence-electron chi connectivity index (χ0n) is 15.5. The van der Waals surface area contributed by atoms with Crippen LogP contribution in [0.1, 0.15) is 17.5 Å². The molecule has 1 amide bonds. The minimum atomic E-state index is -0.503. The van der Waals surface area contributed by atoms with E-state index in [0.29, 0.717) is 23.8 Å². The van der Waals surface area contributed by atoms with Gasteiger partial charge in [0.15, 0.2) is 0 Å². The van der Waals surface area contributed by atoms with Crippen LogP contribution in [0.4, 0.5) is 14.9 Å². The van der Waals surface area contributed by atoms with Crippen LogP contribution in [0.25, 0.3) is 11.1 Å². The maximum Gasteiger partial charge on any atom is 0.411 e. The quantitative estimate of drug-likeness (QED) is 0.870. The average molecular weight is 356 g/mol. The molecule has 3 rings (SSSR count). The zero-order valence-corrected chi connectivity index (χ0v) is 15.5. The molecule has 0 radical (unpaired) electrons. The Hall–Kier alpha value is -2.40. The van der Waals surface area contributed by atoms with E-state index >= 15 is 0 Å². The van der Waals surface area contributed by atoms with Gasteiger partial charge in [0.05, 0.1) is 12.3 Å². The molecule has 26 heavy (non-hydrogen) atoms. The van der Waals surface area contributed by atoms with Crippen LogP contribution in [0, 0.1) is 25.6 Å². The lowest BCUT2D eigenvalue weighted by Gasteiger charge is -2.15. The molecule has 0 saturated carbocycles. The van der Waals surface area contributed by atoms with Gasteiger partial charge in [0.1, 0.15) is 5.82 Å².